The standard InChI is InChI=1S/C15H21NO/c1-12-8-9-16-15(11-12,17-16)13(2)10-14-6-4-3-5-7-14/h4,6-7,12H,2-3,5,8-11H2,1H3. The van der Waals surface area contributed by atoms with Crippen molar-refractivity contribution in [3.05, 3.63) is 36.0 Å². The summed E-state index contributed by atoms with van der Waals surface area (Å²) in [5, 5.41) is 2.13. The molecular weight excluding hydrogens is 210 g/mol. The van der Waals surface area contributed by atoms with Crippen molar-refractivity contribution in [3.63, 3.8) is 0 Å². The molecule has 3 aliphatic rings. The minimum absolute atomic E-state index is 0.107. The first-order valence-corrected chi connectivity index (χ1v) is 6.71. The van der Waals surface area contributed by atoms with Gasteiger partial charge in [-0.1, -0.05) is 31.7 Å². The minimum Gasteiger partial charge on any atom is -0.267 e. The monoisotopic (exact) mass is 231 g/mol. The summed E-state index contributed by atoms with van der Waals surface area (Å²) < 4.78 is 0. The van der Waals surface area contributed by atoms with Crippen LogP contribution in [0, 0.1) is 5.92 Å². The van der Waals surface area contributed by atoms with E-state index in [1.165, 1.54) is 30.4 Å². The zero-order valence-electron chi connectivity index (χ0n) is 10.6. The zero-order chi connectivity index (χ0) is 11.9. The molecule has 0 aromatic heterocycles. The fourth-order valence-electron chi connectivity index (χ4n) is 3.01. The van der Waals surface area contributed by atoms with Gasteiger partial charge in [-0.25, -0.2) is 0 Å². The van der Waals surface area contributed by atoms with Crippen LogP contribution in [-0.2, 0) is 4.84 Å². The number of hydrogen-bond donors (Lipinski definition) is 0. The number of hydrogen-bond acceptors (Lipinski definition) is 2. The maximum absolute atomic E-state index is 5.82. The van der Waals surface area contributed by atoms with E-state index >= 15 is 0 Å². The second kappa shape index (κ2) is 4.11. The maximum Gasteiger partial charge on any atom is 0.186 e. The molecule has 0 bridgehead atoms. The van der Waals surface area contributed by atoms with Gasteiger partial charge in [-0.15, -0.1) is 5.06 Å². The van der Waals surface area contributed by atoms with Crippen LogP contribution in [0.15, 0.2) is 36.0 Å². The molecule has 2 aliphatic heterocycles. The summed E-state index contributed by atoms with van der Waals surface area (Å²) in [7, 11) is 0. The Morgan fingerprint density at radius 3 is 3.24 bits per heavy atom. The molecule has 0 amide bonds. The van der Waals surface area contributed by atoms with E-state index in [9.17, 15) is 0 Å². The Balaban J connectivity index is 1.67. The number of fused-ring (bicyclic) bond motifs is 1. The summed E-state index contributed by atoms with van der Waals surface area (Å²) >= 11 is 0. The molecule has 0 saturated carbocycles. The lowest BCUT2D eigenvalue weighted by molar-refractivity contribution is 0.195. The van der Waals surface area contributed by atoms with Crippen LogP contribution in [0.1, 0.15) is 39.0 Å². The summed E-state index contributed by atoms with van der Waals surface area (Å²) in [5.74, 6) is 0.751. The molecule has 92 valence electrons. The van der Waals surface area contributed by atoms with E-state index in [-0.39, 0.29) is 5.72 Å². The van der Waals surface area contributed by atoms with Crippen LogP contribution in [0.5, 0.6) is 0 Å². The molecule has 3 unspecified atom stereocenters. The Morgan fingerprint density at radius 1 is 1.59 bits per heavy atom. The highest BCUT2D eigenvalue weighted by molar-refractivity contribution is 5.32. The molecule has 0 aromatic carbocycles. The molecular formula is C15H21NO. The van der Waals surface area contributed by atoms with Gasteiger partial charge in [0, 0.05) is 13.0 Å². The lowest BCUT2D eigenvalue weighted by Crippen LogP contribution is -2.30. The minimum atomic E-state index is -0.107. The summed E-state index contributed by atoms with van der Waals surface area (Å²) in [5.41, 5.74) is 2.54. The Morgan fingerprint density at radius 2 is 2.47 bits per heavy atom. The third kappa shape index (κ3) is 2.00. The SMILES string of the molecule is C=C(CC1=CCCC=C1)C12CC(C)CCN1O2. The van der Waals surface area contributed by atoms with E-state index in [2.05, 4.69) is 36.8 Å². The molecule has 17 heavy (non-hydrogen) atoms. The number of nitrogens with zero attached hydrogens (tertiary/aromatic N) is 1. The highest BCUT2D eigenvalue weighted by Crippen LogP contribution is 2.51. The molecule has 3 rings (SSSR count). The largest absolute Gasteiger partial charge is 0.267 e. The third-order valence-corrected chi connectivity index (χ3v) is 4.12. The van der Waals surface area contributed by atoms with Crippen molar-refractivity contribution in [2.75, 3.05) is 6.54 Å². The number of piperidine rings is 1. The first-order chi connectivity index (χ1) is 8.21. The van der Waals surface area contributed by atoms with Crippen LogP contribution in [-0.4, -0.2) is 17.3 Å². The van der Waals surface area contributed by atoms with Crippen molar-refractivity contribution < 1.29 is 4.84 Å². The Labute approximate surface area is 104 Å². The molecule has 2 nitrogen and oxygen atoms in total. The second-order valence-corrected chi connectivity index (χ2v) is 5.61. The molecule has 0 radical (unpaired) electrons. The van der Waals surface area contributed by atoms with Gasteiger partial charge in [0.1, 0.15) is 0 Å². The van der Waals surface area contributed by atoms with Gasteiger partial charge in [0.05, 0.1) is 0 Å². The van der Waals surface area contributed by atoms with Gasteiger partial charge >= 0.3 is 0 Å². The van der Waals surface area contributed by atoms with Gasteiger partial charge in [0.2, 0.25) is 0 Å². The fourth-order valence-corrected chi connectivity index (χ4v) is 3.01. The fraction of sp³-hybridized carbons (Fsp3) is 0.600. The van der Waals surface area contributed by atoms with E-state index in [0.717, 1.165) is 25.3 Å². The average molecular weight is 231 g/mol. The second-order valence-electron chi connectivity index (χ2n) is 5.61. The lowest BCUT2D eigenvalue weighted by Gasteiger charge is -2.24. The topological polar surface area (TPSA) is 15.5 Å². The Kier molecular flexibility index (Phi) is 2.72. The van der Waals surface area contributed by atoms with Crippen LogP contribution in [0.2, 0.25) is 0 Å². The van der Waals surface area contributed by atoms with Gasteiger partial charge in [-0.3, -0.25) is 4.84 Å². The number of rotatable bonds is 3. The van der Waals surface area contributed by atoms with Crippen molar-refractivity contribution in [3.8, 4) is 0 Å². The van der Waals surface area contributed by atoms with Gasteiger partial charge < -0.3 is 0 Å². The third-order valence-electron chi connectivity index (χ3n) is 4.12. The average Bonchev–Trinajstić information content (AvgIpc) is 3.05. The maximum atomic E-state index is 5.82. The molecule has 0 N–H and O–H groups in total. The molecule has 2 fully saturated rings. The summed E-state index contributed by atoms with van der Waals surface area (Å²) in [6.45, 7) is 7.66. The Bertz CT molecular complexity index is 396. The van der Waals surface area contributed by atoms with Crippen molar-refractivity contribution >= 4 is 0 Å². The molecule has 2 heteroatoms. The summed E-state index contributed by atoms with van der Waals surface area (Å²) in [6, 6.07) is 0. The van der Waals surface area contributed by atoms with Crippen molar-refractivity contribution in [1.29, 1.82) is 0 Å². The van der Waals surface area contributed by atoms with Gasteiger partial charge in [-0.2, -0.15) is 0 Å². The van der Waals surface area contributed by atoms with E-state index in [4.69, 9.17) is 4.84 Å². The Hall–Kier alpha value is -0.860. The molecule has 2 heterocycles. The van der Waals surface area contributed by atoms with Crippen molar-refractivity contribution in [2.45, 2.75) is 44.8 Å². The number of allylic oxidation sites excluding steroid dienone is 4. The van der Waals surface area contributed by atoms with Crippen LogP contribution >= 0.6 is 0 Å². The predicted molar refractivity (Wildman–Crippen MR) is 69.1 cm³/mol. The molecule has 0 aromatic rings. The molecule has 0 spiro atoms. The van der Waals surface area contributed by atoms with Crippen LogP contribution < -0.4 is 0 Å². The predicted octanol–water partition coefficient (Wildman–Crippen LogP) is 3.58. The molecule has 1 aliphatic carbocycles. The van der Waals surface area contributed by atoms with Crippen LogP contribution in [0.4, 0.5) is 0 Å². The summed E-state index contributed by atoms with van der Waals surface area (Å²) in [4.78, 5) is 5.82. The lowest BCUT2D eigenvalue weighted by atomic mass is 9.86. The zero-order valence-corrected chi connectivity index (χ0v) is 10.6. The number of hydroxylamine groups is 2. The van der Waals surface area contributed by atoms with Gasteiger partial charge in [0.15, 0.2) is 5.72 Å². The normalized spacial score (nSPS) is 39.5. The highest BCUT2D eigenvalue weighted by Gasteiger charge is 2.59. The molecule has 3 atom stereocenters. The van der Waals surface area contributed by atoms with E-state index in [1.54, 1.807) is 0 Å². The first-order valence-electron chi connectivity index (χ1n) is 6.71. The van der Waals surface area contributed by atoms with Crippen LogP contribution in [0.3, 0.4) is 0 Å². The quantitative estimate of drug-likeness (QED) is 0.545. The van der Waals surface area contributed by atoms with Crippen molar-refractivity contribution in [1.82, 2.24) is 5.06 Å². The highest BCUT2D eigenvalue weighted by atomic mass is 16.9. The van der Waals surface area contributed by atoms with E-state index in [0.29, 0.717) is 0 Å². The molecule has 2 saturated heterocycles. The van der Waals surface area contributed by atoms with E-state index < -0.39 is 0 Å². The van der Waals surface area contributed by atoms with Gasteiger partial charge in [0.25, 0.3) is 0 Å². The van der Waals surface area contributed by atoms with Crippen LogP contribution in [0.25, 0.3) is 0 Å². The van der Waals surface area contributed by atoms with E-state index in [1.807, 2.05) is 0 Å². The summed E-state index contributed by atoms with van der Waals surface area (Å²) in [6.07, 6.45) is 12.5. The van der Waals surface area contributed by atoms with Gasteiger partial charge in [-0.05, 0) is 42.7 Å². The van der Waals surface area contributed by atoms with Crippen molar-refractivity contribution in [2.24, 2.45) is 5.92 Å². The first kappa shape index (κ1) is 11.2. The smallest absolute Gasteiger partial charge is 0.186 e.